The first-order valence-electron chi connectivity index (χ1n) is 5.91. The molecule has 0 bridgehead atoms. The topological polar surface area (TPSA) is 38.0 Å². The molecule has 2 aromatic carbocycles. The lowest BCUT2D eigenvalue weighted by molar-refractivity contribution is -0.138. The quantitative estimate of drug-likeness (QED) is 0.517. The standard InChI is InChI=1S/C14H11F5N2/c15-9-3-1-2-8(6-9)13(21-20)11-7-10(16)4-5-12(11)14(17,18)19/h1-7,13,21H,20H2. The van der Waals surface area contributed by atoms with Gasteiger partial charge in [0, 0.05) is 0 Å². The lowest BCUT2D eigenvalue weighted by atomic mass is 9.94. The van der Waals surface area contributed by atoms with Gasteiger partial charge in [-0.2, -0.15) is 13.2 Å². The third kappa shape index (κ3) is 3.37. The molecule has 2 aromatic rings. The second-order valence-electron chi connectivity index (χ2n) is 4.38. The number of benzene rings is 2. The molecule has 0 saturated carbocycles. The summed E-state index contributed by atoms with van der Waals surface area (Å²) in [4.78, 5) is 0. The molecular weight excluding hydrogens is 291 g/mol. The van der Waals surface area contributed by atoms with Crippen molar-refractivity contribution in [2.75, 3.05) is 0 Å². The van der Waals surface area contributed by atoms with E-state index in [0.29, 0.717) is 12.1 Å². The van der Waals surface area contributed by atoms with Crippen molar-refractivity contribution in [1.82, 2.24) is 5.43 Å². The molecule has 0 fully saturated rings. The molecule has 2 rings (SSSR count). The summed E-state index contributed by atoms with van der Waals surface area (Å²) in [6.07, 6.45) is -4.68. The Morgan fingerprint density at radius 2 is 1.62 bits per heavy atom. The van der Waals surface area contributed by atoms with Crippen LogP contribution in [0.4, 0.5) is 22.0 Å². The summed E-state index contributed by atoms with van der Waals surface area (Å²) in [5, 5.41) is 0. The van der Waals surface area contributed by atoms with Gasteiger partial charge in [0.2, 0.25) is 0 Å². The lowest BCUT2D eigenvalue weighted by Crippen LogP contribution is -2.30. The molecule has 1 atom stereocenters. The first-order chi connectivity index (χ1) is 9.82. The Kier molecular flexibility index (Phi) is 4.24. The fourth-order valence-electron chi connectivity index (χ4n) is 2.08. The Morgan fingerprint density at radius 1 is 0.952 bits per heavy atom. The predicted octanol–water partition coefficient (Wildman–Crippen LogP) is 3.54. The minimum absolute atomic E-state index is 0.161. The maximum atomic E-state index is 13.3. The number of alkyl halides is 3. The highest BCUT2D eigenvalue weighted by Crippen LogP contribution is 2.36. The van der Waals surface area contributed by atoms with E-state index in [2.05, 4.69) is 5.43 Å². The van der Waals surface area contributed by atoms with Gasteiger partial charge in [-0.05, 0) is 41.5 Å². The molecule has 0 aliphatic carbocycles. The monoisotopic (exact) mass is 302 g/mol. The molecule has 0 aliphatic rings. The van der Waals surface area contributed by atoms with Crippen LogP contribution in [0.3, 0.4) is 0 Å². The molecule has 1 unspecified atom stereocenters. The molecule has 0 aliphatic heterocycles. The molecule has 0 aromatic heterocycles. The zero-order chi connectivity index (χ0) is 15.6. The van der Waals surface area contributed by atoms with Crippen LogP contribution < -0.4 is 11.3 Å². The van der Waals surface area contributed by atoms with Crippen LogP contribution in [-0.4, -0.2) is 0 Å². The van der Waals surface area contributed by atoms with Gasteiger partial charge in [0.15, 0.2) is 0 Å². The van der Waals surface area contributed by atoms with Gasteiger partial charge >= 0.3 is 6.18 Å². The first kappa shape index (κ1) is 15.4. The van der Waals surface area contributed by atoms with Crippen molar-refractivity contribution < 1.29 is 22.0 Å². The Balaban J connectivity index is 2.59. The number of hydrogen-bond donors (Lipinski definition) is 2. The van der Waals surface area contributed by atoms with Crippen molar-refractivity contribution in [1.29, 1.82) is 0 Å². The van der Waals surface area contributed by atoms with Crippen molar-refractivity contribution in [3.05, 3.63) is 70.8 Å². The van der Waals surface area contributed by atoms with E-state index >= 15 is 0 Å². The van der Waals surface area contributed by atoms with E-state index in [1.165, 1.54) is 12.1 Å². The summed E-state index contributed by atoms with van der Waals surface area (Å²) in [5.74, 6) is 3.82. The maximum absolute atomic E-state index is 13.3. The largest absolute Gasteiger partial charge is 0.416 e. The average molecular weight is 302 g/mol. The molecule has 0 saturated heterocycles. The van der Waals surface area contributed by atoms with Crippen LogP contribution in [0.25, 0.3) is 0 Å². The number of hydrazine groups is 1. The second-order valence-corrected chi connectivity index (χ2v) is 4.38. The predicted molar refractivity (Wildman–Crippen MR) is 67.0 cm³/mol. The Labute approximate surface area is 117 Å². The van der Waals surface area contributed by atoms with E-state index in [9.17, 15) is 22.0 Å². The molecule has 0 heterocycles. The van der Waals surface area contributed by atoms with Gasteiger partial charge in [-0.3, -0.25) is 5.84 Å². The molecule has 0 amide bonds. The summed E-state index contributed by atoms with van der Waals surface area (Å²) in [7, 11) is 0. The minimum Gasteiger partial charge on any atom is -0.271 e. The summed E-state index contributed by atoms with van der Waals surface area (Å²) in [6, 6.07) is 5.81. The highest BCUT2D eigenvalue weighted by Gasteiger charge is 2.35. The van der Waals surface area contributed by atoms with Crippen LogP contribution in [-0.2, 0) is 6.18 Å². The summed E-state index contributed by atoms with van der Waals surface area (Å²) in [6.45, 7) is 0. The van der Waals surface area contributed by atoms with Crippen LogP contribution in [0.2, 0.25) is 0 Å². The highest BCUT2D eigenvalue weighted by molar-refractivity contribution is 5.39. The van der Waals surface area contributed by atoms with Gasteiger partial charge in [-0.15, -0.1) is 0 Å². The summed E-state index contributed by atoms with van der Waals surface area (Å²) in [5.41, 5.74) is 0.891. The van der Waals surface area contributed by atoms with Gasteiger partial charge in [0.05, 0.1) is 11.6 Å². The van der Waals surface area contributed by atoms with Crippen molar-refractivity contribution in [3.8, 4) is 0 Å². The first-order valence-corrected chi connectivity index (χ1v) is 5.91. The summed E-state index contributed by atoms with van der Waals surface area (Å²) >= 11 is 0. The molecule has 2 nitrogen and oxygen atoms in total. The van der Waals surface area contributed by atoms with Gasteiger partial charge < -0.3 is 0 Å². The Hall–Kier alpha value is -1.99. The Morgan fingerprint density at radius 3 is 2.19 bits per heavy atom. The van der Waals surface area contributed by atoms with Crippen molar-refractivity contribution in [2.45, 2.75) is 12.2 Å². The highest BCUT2D eigenvalue weighted by atomic mass is 19.4. The van der Waals surface area contributed by atoms with E-state index in [1.54, 1.807) is 0 Å². The van der Waals surface area contributed by atoms with Crippen LogP contribution in [0.5, 0.6) is 0 Å². The van der Waals surface area contributed by atoms with E-state index in [1.807, 2.05) is 0 Å². The number of halogens is 5. The van der Waals surface area contributed by atoms with Gasteiger partial charge in [-0.1, -0.05) is 12.1 Å². The molecule has 0 spiro atoms. The number of rotatable bonds is 3. The SMILES string of the molecule is NNC(c1cccc(F)c1)c1cc(F)ccc1C(F)(F)F. The van der Waals surface area contributed by atoms with Crippen LogP contribution in [0, 0.1) is 11.6 Å². The average Bonchev–Trinajstić information content (AvgIpc) is 2.38. The third-order valence-electron chi connectivity index (χ3n) is 2.98. The zero-order valence-electron chi connectivity index (χ0n) is 10.6. The fourth-order valence-corrected chi connectivity index (χ4v) is 2.08. The molecule has 7 heteroatoms. The van der Waals surface area contributed by atoms with Crippen molar-refractivity contribution in [3.63, 3.8) is 0 Å². The van der Waals surface area contributed by atoms with Crippen molar-refractivity contribution >= 4 is 0 Å². The van der Waals surface area contributed by atoms with E-state index in [0.717, 1.165) is 18.2 Å². The second kappa shape index (κ2) is 5.79. The van der Waals surface area contributed by atoms with E-state index in [-0.39, 0.29) is 5.56 Å². The smallest absolute Gasteiger partial charge is 0.271 e. The van der Waals surface area contributed by atoms with Crippen molar-refractivity contribution in [2.24, 2.45) is 5.84 Å². The van der Waals surface area contributed by atoms with Gasteiger partial charge in [-0.25, -0.2) is 14.2 Å². The van der Waals surface area contributed by atoms with Gasteiger partial charge in [0.25, 0.3) is 0 Å². The molecule has 3 N–H and O–H groups in total. The number of nitrogens with two attached hydrogens (primary N) is 1. The van der Waals surface area contributed by atoms with E-state index in [4.69, 9.17) is 5.84 Å². The number of hydrogen-bond acceptors (Lipinski definition) is 2. The zero-order valence-corrected chi connectivity index (χ0v) is 10.6. The molecule has 112 valence electrons. The Bertz CT molecular complexity index is 640. The minimum atomic E-state index is -4.68. The van der Waals surface area contributed by atoms with E-state index < -0.39 is 35.0 Å². The van der Waals surface area contributed by atoms with Gasteiger partial charge in [0.1, 0.15) is 11.6 Å². The number of nitrogens with one attached hydrogen (secondary N) is 1. The maximum Gasteiger partial charge on any atom is 0.416 e. The van der Waals surface area contributed by atoms with Crippen LogP contribution in [0.15, 0.2) is 42.5 Å². The lowest BCUT2D eigenvalue weighted by Gasteiger charge is -2.21. The third-order valence-corrected chi connectivity index (χ3v) is 2.98. The van der Waals surface area contributed by atoms with Crippen LogP contribution in [0.1, 0.15) is 22.7 Å². The molecular formula is C14H11F5N2. The summed E-state index contributed by atoms with van der Waals surface area (Å²) < 4.78 is 65.6. The molecule has 0 radical (unpaired) electrons. The van der Waals surface area contributed by atoms with Crippen LogP contribution >= 0.6 is 0 Å². The molecule has 21 heavy (non-hydrogen) atoms. The normalized spacial score (nSPS) is 13.2. The fraction of sp³-hybridized carbons (Fsp3) is 0.143.